The Morgan fingerprint density at radius 1 is 0.648 bits per heavy atom. The zero-order valence-electron chi connectivity index (χ0n) is 34.9. The second-order valence-electron chi connectivity index (χ2n) is 15.2. The molecule has 7 nitrogen and oxygen atoms in total. The minimum atomic E-state index is -0.657. The first-order chi connectivity index (χ1) is 26.4. The second kappa shape index (κ2) is 35.6. The smallest absolute Gasteiger partial charge is 0.328 e. The van der Waals surface area contributed by atoms with E-state index < -0.39 is 12.0 Å². The minimum absolute atomic E-state index is 0.0733. The fourth-order valence-corrected chi connectivity index (χ4v) is 6.87. The number of esters is 1. The maximum absolute atomic E-state index is 12.4. The van der Waals surface area contributed by atoms with Crippen LogP contribution in [0.5, 0.6) is 0 Å². The van der Waals surface area contributed by atoms with Crippen LogP contribution in [0.4, 0.5) is 0 Å². The molecule has 0 fully saturated rings. The number of aliphatic carboxylic acids is 1. The quantitative estimate of drug-likeness (QED) is 0.0375. The van der Waals surface area contributed by atoms with Gasteiger partial charge in [-0.1, -0.05) is 173 Å². The Hall–Kier alpha value is -3.09. The lowest BCUT2D eigenvalue weighted by Gasteiger charge is -2.17. The number of ether oxygens (including phenoxy) is 1. The predicted molar refractivity (Wildman–Crippen MR) is 228 cm³/mol. The number of aromatic nitrogens is 1. The van der Waals surface area contributed by atoms with Crippen molar-refractivity contribution in [3.8, 4) is 0 Å². The summed E-state index contributed by atoms with van der Waals surface area (Å²) in [4.78, 5) is 38.5. The topological polar surface area (TPSA) is 108 Å². The molecular weight excluding hydrogens is 673 g/mol. The molecule has 54 heavy (non-hydrogen) atoms. The predicted octanol–water partition coefficient (Wildman–Crippen LogP) is 13.3. The van der Waals surface area contributed by atoms with Crippen molar-refractivity contribution in [1.82, 2.24) is 10.3 Å². The highest BCUT2D eigenvalue weighted by molar-refractivity contribution is 5.87. The molecule has 0 aliphatic rings. The van der Waals surface area contributed by atoms with E-state index in [1.807, 2.05) is 30.5 Å². The molecule has 0 spiro atoms. The second-order valence-corrected chi connectivity index (χ2v) is 15.2. The maximum atomic E-state index is 12.4. The van der Waals surface area contributed by atoms with Gasteiger partial charge in [-0.2, -0.15) is 0 Å². The number of unbranched alkanes of at least 4 members (excludes halogenated alkanes) is 23. The summed E-state index contributed by atoms with van der Waals surface area (Å²) in [5.41, 5.74) is 2.03. The Balaban J connectivity index is 0.000000556. The molecule has 7 heteroatoms. The summed E-state index contributed by atoms with van der Waals surface area (Å²) in [7, 11) is 0. The number of amides is 1. The number of hydrogen-bond acceptors (Lipinski definition) is 4. The molecule has 308 valence electrons. The highest BCUT2D eigenvalue weighted by Gasteiger charge is 2.23. The summed E-state index contributed by atoms with van der Waals surface area (Å²) in [5.74, 6) is -1.10. The van der Waals surface area contributed by atoms with Gasteiger partial charge in [0.15, 0.2) is 0 Å². The first-order valence-corrected chi connectivity index (χ1v) is 22.3. The SMILES string of the molecule is CCCCCCCC/C=C/CCCCCCCCCCCC(=O)O.CCCCCCCCCCCC(=O)N[C@@H](Cc1c[nH]c2ccccc12)C(=O)OCC. The molecule has 2 rings (SSSR count). The number of fused-ring (bicyclic) bond motifs is 1. The van der Waals surface area contributed by atoms with E-state index in [0.717, 1.165) is 42.1 Å². The number of hydrogen-bond donors (Lipinski definition) is 3. The average molecular weight is 753 g/mol. The van der Waals surface area contributed by atoms with Crippen molar-refractivity contribution in [3.05, 3.63) is 48.2 Å². The molecule has 1 aromatic heterocycles. The third-order valence-electron chi connectivity index (χ3n) is 10.2. The van der Waals surface area contributed by atoms with E-state index in [0.29, 0.717) is 25.9 Å². The van der Waals surface area contributed by atoms with Crippen molar-refractivity contribution in [1.29, 1.82) is 0 Å². The fourth-order valence-electron chi connectivity index (χ4n) is 6.87. The van der Waals surface area contributed by atoms with Gasteiger partial charge in [0.05, 0.1) is 6.61 Å². The molecule has 0 bridgehead atoms. The first kappa shape index (κ1) is 48.9. The van der Waals surface area contributed by atoms with Crippen molar-refractivity contribution < 1.29 is 24.2 Å². The number of carbonyl (C=O) groups excluding carboxylic acids is 2. The summed E-state index contributed by atoms with van der Waals surface area (Å²) in [6.07, 6.45) is 40.8. The molecule has 2 aromatic rings. The third kappa shape index (κ3) is 27.5. The van der Waals surface area contributed by atoms with Crippen LogP contribution in [-0.4, -0.2) is 40.6 Å². The summed E-state index contributed by atoms with van der Waals surface area (Å²) < 4.78 is 5.20. The van der Waals surface area contributed by atoms with Crippen LogP contribution < -0.4 is 5.32 Å². The monoisotopic (exact) mass is 753 g/mol. The van der Waals surface area contributed by atoms with E-state index in [4.69, 9.17) is 9.84 Å². The van der Waals surface area contributed by atoms with Crippen molar-refractivity contribution in [2.75, 3.05) is 6.61 Å². The van der Waals surface area contributed by atoms with Gasteiger partial charge in [-0.15, -0.1) is 0 Å². The summed E-state index contributed by atoms with van der Waals surface area (Å²) in [6.45, 7) is 6.59. The Labute approximate surface area is 330 Å². The van der Waals surface area contributed by atoms with Crippen LogP contribution in [0.25, 0.3) is 10.9 Å². The fraction of sp³-hybridized carbons (Fsp3) is 0.723. The largest absolute Gasteiger partial charge is 0.481 e. The first-order valence-electron chi connectivity index (χ1n) is 22.3. The van der Waals surface area contributed by atoms with Gasteiger partial charge in [0, 0.05) is 36.4 Å². The van der Waals surface area contributed by atoms with Crippen LogP contribution in [0.2, 0.25) is 0 Å². The van der Waals surface area contributed by atoms with Crippen molar-refractivity contribution in [2.45, 2.75) is 213 Å². The molecule has 1 amide bonds. The average Bonchev–Trinajstić information content (AvgIpc) is 3.57. The summed E-state index contributed by atoms with van der Waals surface area (Å²) in [5, 5.41) is 12.5. The van der Waals surface area contributed by atoms with Gasteiger partial charge in [0.1, 0.15) is 6.04 Å². The van der Waals surface area contributed by atoms with E-state index in [2.05, 4.69) is 36.3 Å². The van der Waals surface area contributed by atoms with E-state index in [9.17, 15) is 14.4 Å². The van der Waals surface area contributed by atoms with E-state index in [-0.39, 0.29) is 11.9 Å². The summed E-state index contributed by atoms with van der Waals surface area (Å²) in [6, 6.07) is 7.31. The number of carboxylic acids is 1. The van der Waals surface area contributed by atoms with Gasteiger partial charge >= 0.3 is 11.9 Å². The molecule has 0 radical (unpaired) electrons. The highest BCUT2D eigenvalue weighted by atomic mass is 16.5. The van der Waals surface area contributed by atoms with Crippen molar-refractivity contribution >= 4 is 28.7 Å². The van der Waals surface area contributed by atoms with Gasteiger partial charge < -0.3 is 20.1 Å². The number of rotatable bonds is 34. The lowest BCUT2D eigenvalue weighted by molar-refractivity contribution is -0.147. The highest BCUT2D eigenvalue weighted by Crippen LogP contribution is 2.20. The molecule has 0 saturated carbocycles. The van der Waals surface area contributed by atoms with Gasteiger partial charge in [-0.05, 0) is 57.1 Å². The van der Waals surface area contributed by atoms with Crippen LogP contribution in [0.15, 0.2) is 42.6 Å². The molecule has 0 aliphatic heterocycles. The minimum Gasteiger partial charge on any atom is -0.481 e. The zero-order chi connectivity index (χ0) is 39.3. The van der Waals surface area contributed by atoms with Crippen LogP contribution >= 0.6 is 0 Å². The maximum Gasteiger partial charge on any atom is 0.328 e. The van der Waals surface area contributed by atoms with E-state index in [1.165, 1.54) is 141 Å². The third-order valence-corrected chi connectivity index (χ3v) is 10.2. The van der Waals surface area contributed by atoms with Crippen molar-refractivity contribution in [2.24, 2.45) is 0 Å². The molecule has 3 N–H and O–H groups in total. The number of nitrogens with one attached hydrogen (secondary N) is 2. The lowest BCUT2D eigenvalue weighted by atomic mass is 10.0. The Morgan fingerprint density at radius 2 is 1.11 bits per heavy atom. The Bertz CT molecular complexity index is 1220. The molecule has 0 saturated heterocycles. The van der Waals surface area contributed by atoms with Crippen LogP contribution in [0, 0.1) is 0 Å². The molecule has 0 aliphatic carbocycles. The van der Waals surface area contributed by atoms with Gasteiger partial charge in [-0.3, -0.25) is 9.59 Å². The lowest BCUT2D eigenvalue weighted by Crippen LogP contribution is -2.43. The number of allylic oxidation sites excluding steroid dienone is 2. The number of H-pyrrole nitrogens is 1. The molecule has 1 aromatic carbocycles. The number of carboxylic acid groups (broad SMARTS) is 1. The summed E-state index contributed by atoms with van der Waals surface area (Å²) >= 11 is 0. The Morgan fingerprint density at radius 3 is 1.61 bits per heavy atom. The van der Waals surface area contributed by atoms with Crippen LogP contribution in [0.3, 0.4) is 0 Å². The van der Waals surface area contributed by atoms with Crippen molar-refractivity contribution in [3.63, 3.8) is 0 Å². The normalized spacial score (nSPS) is 11.8. The molecule has 1 heterocycles. The molecular formula is C47H80N2O5. The molecule has 0 unspecified atom stereocenters. The standard InChI is InChI=1S/C25H38N2O3.C22H42O2/c1-3-5-6-7-8-9-10-11-12-17-24(28)27-23(25(29)30-4-2)18-20-19-26-22-16-14-13-15-21(20)22;1-2-3-4-5-6-7-8-9-10-11-12-13-14-15-16-17-18-19-20-21-22(23)24/h13-16,19,23,26H,3-12,17-18H2,1-2H3,(H,27,28);9-10H,2-8,11-21H2,1H3,(H,23,24)/b;10-9+/t23-;/m0./s1. The van der Waals surface area contributed by atoms with Crippen LogP contribution in [0.1, 0.15) is 206 Å². The zero-order valence-corrected chi connectivity index (χ0v) is 34.9. The Kier molecular flexibility index (Phi) is 32.3. The number of para-hydroxylation sites is 1. The van der Waals surface area contributed by atoms with Gasteiger partial charge in [-0.25, -0.2) is 4.79 Å². The van der Waals surface area contributed by atoms with Gasteiger partial charge in [0.2, 0.25) is 5.91 Å². The van der Waals surface area contributed by atoms with E-state index >= 15 is 0 Å². The number of carbonyl (C=O) groups is 3. The number of benzene rings is 1. The number of aromatic amines is 1. The van der Waals surface area contributed by atoms with E-state index in [1.54, 1.807) is 6.92 Å². The molecule has 1 atom stereocenters. The van der Waals surface area contributed by atoms with Crippen LogP contribution in [-0.2, 0) is 25.5 Å². The van der Waals surface area contributed by atoms with Gasteiger partial charge in [0.25, 0.3) is 0 Å².